The summed E-state index contributed by atoms with van der Waals surface area (Å²) in [6.45, 7) is 7.93. The second-order valence-corrected chi connectivity index (χ2v) is 8.46. The van der Waals surface area contributed by atoms with Gasteiger partial charge in [0.25, 0.3) is 0 Å². The van der Waals surface area contributed by atoms with Crippen molar-refractivity contribution >= 4 is 16.8 Å². The molecular weight excluding hydrogens is 339 g/mol. The van der Waals surface area contributed by atoms with Crippen LogP contribution in [0.25, 0.3) is 10.9 Å². The number of H-pyrrole nitrogens is 1. The Hall–Kier alpha value is -2.62. The van der Waals surface area contributed by atoms with Crippen molar-refractivity contribution in [2.45, 2.75) is 45.6 Å². The van der Waals surface area contributed by atoms with Crippen LogP contribution in [0.1, 0.15) is 43.2 Å². The first-order valence-corrected chi connectivity index (χ1v) is 9.47. The Labute approximate surface area is 159 Å². The van der Waals surface area contributed by atoms with Gasteiger partial charge in [0.2, 0.25) is 5.91 Å². The third-order valence-electron chi connectivity index (χ3n) is 5.44. The van der Waals surface area contributed by atoms with Gasteiger partial charge in [-0.05, 0) is 40.8 Å². The number of aromatic nitrogens is 1. The standard InChI is InChI=1S/C23H25FN2O/c1-23(2,3)16-7-8-20-18(13-16)19-14-26(10-9-21(19)25-20)22(27)12-15-5-4-6-17(24)11-15/h4-8,11,13,25H,9-10,12,14H2,1-3H3. The highest BCUT2D eigenvalue weighted by Crippen LogP contribution is 2.32. The first-order chi connectivity index (χ1) is 12.8. The van der Waals surface area contributed by atoms with E-state index in [4.69, 9.17) is 0 Å². The molecule has 3 aromatic rings. The summed E-state index contributed by atoms with van der Waals surface area (Å²) >= 11 is 0. The zero-order valence-electron chi connectivity index (χ0n) is 16.1. The average Bonchev–Trinajstić information content (AvgIpc) is 2.98. The number of nitrogens with zero attached hydrogens (tertiary/aromatic N) is 1. The number of amides is 1. The van der Waals surface area contributed by atoms with Crippen LogP contribution < -0.4 is 0 Å². The maximum Gasteiger partial charge on any atom is 0.227 e. The van der Waals surface area contributed by atoms with Gasteiger partial charge in [-0.3, -0.25) is 4.79 Å². The molecule has 1 aliphatic rings. The second-order valence-electron chi connectivity index (χ2n) is 8.46. The van der Waals surface area contributed by atoms with Gasteiger partial charge in [-0.2, -0.15) is 0 Å². The fourth-order valence-corrected chi connectivity index (χ4v) is 3.83. The molecule has 0 spiro atoms. The Morgan fingerprint density at radius 1 is 1.19 bits per heavy atom. The van der Waals surface area contributed by atoms with E-state index in [1.165, 1.54) is 34.3 Å². The molecule has 0 aliphatic carbocycles. The van der Waals surface area contributed by atoms with Crippen molar-refractivity contribution in [3.63, 3.8) is 0 Å². The molecule has 0 unspecified atom stereocenters. The molecule has 3 nitrogen and oxygen atoms in total. The van der Waals surface area contributed by atoms with Crippen LogP contribution in [0, 0.1) is 5.82 Å². The van der Waals surface area contributed by atoms with E-state index in [-0.39, 0.29) is 23.6 Å². The van der Waals surface area contributed by atoms with E-state index in [9.17, 15) is 9.18 Å². The molecule has 0 saturated carbocycles. The summed E-state index contributed by atoms with van der Waals surface area (Å²) < 4.78 is 13.4. The summed E-state index contributed by atoms with van der Waals surface area (Å²) in [6, 6.07) is 12.9. The van der Waals surface area contributed by atoms with Crippen LogP contribution in [0.4, 0.5) is 4.39 Å². The van der Waals surface area contributed by atoms with E-state index in [0.29, 0.717) is 13.1 Å². The topological polar surface area (TPSA) is 36.1 Å². The molecule has 140 valence electrons. The van der Waals surface area contributed by atoms with E-state index >= 15 is 0 Å². The Morgan fingerprint density at radius 2 is 2.00 bits per heavy atom. The highest BCUT2D eigenvalue weighted by Gasteiger charge is 2.25. The highest BCUT2D eigenvalue weighted by atomic mass is 19.1. The Kier molecular flexibility index (Phi) is 4.29. The molecule has 2 aromatic carbocycles. The Balaban J connectivity index is 1.60. The average molecular weight is 364 g/mol. The first-order valence-electron chi connectivity index (χ1n) is 9.47. The largest absolute Gasteiger partial charge is 0.358 e. The molecule has 0 radical (unpaired) electrons. The number of carbonyl (C=O) groups excluding carboxylic acids is 1. The van der Waals surface area contributed by atoms with E-state index < -0.39 is 0 Å². The molecule has 27 heavy (non-hydrogen) atoms. The molecule has 0 atom stereocenters. The number of halogens is 1. The Bertz CT molecular complexity index is 1010. The van der Waals surface area contributed by atoms with Crippen LogP contribution in [0.2, 0.25) is 0 Å². The van der Waals surface area contributed by atoms with Gasteiger partial charge in [-0.15, -0.1) is 0 Å². The van der Waals surface area contributed by atoms with Crippen LogP contribution in [0.5, 0.6) is 0 Å². The van der Waals surface area contributed by atoms with Crippen LogP contribution in [-0.4, -0.2) is 22.3 Å². The number of hydrogen-bond acceptors (Lipinski definition) is 1. The SMILES string of the molecule is CC(C)(C)c1ccc2[nH]c3c(c2c1)CN(C(=O)Cc1cccc(F)c1)CC3. The van der Waals surface area contributed by atoms with Gasteiger partial charge in [0, 0.05) is 41.7 Å². The van der Waals surface area contributed by atoms with Crippen molar-refractivity contribution in [2.24, 2.45) is 0 Å². The van der Waals surface area contributed by atoms with Crippen LogP contribution in [0.15, 0.2) is 42.5 Å². The fourth-order valence-electron chi connectivity index (χ4n) is 3.83. The summed E-state index contributed by atoms with van der Waals surface area (Å²) in [4.78, 5) is 18.2. The van der Waals surface area contributed by atoms with Crippen molar-refractivity contribution < 1.29 is 9.18 Å². The van der Waals surface area contributed by atoms with Crippen LogP contribution in [0.3, 0.4) is 0 Å². The molecule has 0 bridgehead atoms. The zero-order valence-corrected chi connectivity index (χ0v) is 16.1. The fraction of sp³-hybridized carbons (Fsp3) is 0.348. The molecule has 1 amide bonds. The summed E-state index contributed by atoms with van der Waals surface area (Å²) in [7, 11) is 0. The van der Waals surface area contributed by atoms with Gasteiger partial charge in [0.05, 0.1) is 6.42 Å². The summed E-state index contributed by atoms with van der Waals surface area (Å²) in [6.07, 6.45) is 1.06. The van der Waals surface area contributed by atoms with Gasteiger partial charge >= 0.3 is 0 Å². The maximum absolute atomic E-state index is 13.4. The van der Waals surface area contributed by atoms with E-state index in [1.54, 1.807) is 12.1 Å². The van der Waals surface area contributed by atoms with Crippen LogP contribution >= 0.6 is 0 Å². The van der Waals surface area contributed by atoms with Gasteiger partial charge in [-0.1, -0.05) is 39.0 Å². The minimum atomic E-state index is -0.299. The lowest BCUT2D eigenvalue weighted by molar-refractivity contribution is -0.131. The number of carbonyl (C=O) groups is 1. The van der Waals surface area contributed by atoms with Gasteiger partial charge < -0.3 is 9.88 Å². The third-order valence-corrected chi connectivity index (χ3v) is 5.44. The predicted molar refractivity (Wildman–Crippen MR) is 106 cm³/mol. The number of aromatic amines is 1. The molecule has 1 aliphatic heterocycles. The lowest BCUT2D eigenvalue weighted by Gasteiger charge is -2.27. The number of rotatable bonds is 2. The lowest BCUT2D eigenvalue weighted by atomic mass is 9.86. The molecule has 1 aromatic heterocycles. The summed E-state index contributed by atoms with van der Waals surface area (Å²) in [5.74, 6) is -0.250. The zero-order chi connectivity index (χ0) is 19.2. The quantitative estimate of drug-likeness (QED) is 0.701. The molecular formula is C23H25FN2O. The van der Waals surface area contributed by atoms with E-state index in [2.05, 4.69) is 44.0 Å². The molecule has 0 saturated heterocycles. The first kappa shape index (κ1) is 17.8. The number of hydrogen-bond donors (Lipinski definition) is 1. The molecule has 2 heterocycles. The van der Waals surface area contributed by atoms with Crippen molar-refractivity contribution in [1.82, 2.24) is 9.88 Å². The van der Waals surface area contributed by atoms with E-state index in [1.807, 2.05) is 4.90 Å². The molecule has 4 heteroatoms. The molecule has 1 N–H and O–H groups in total. The summed E-state index contributed by atoms with van der Waals surface area (Å²) in [5, 5.41) is 1.21. The minimum absolute atomic E-state index is 0.0487. The monoisotopic (exact) mass is 364 g/mol. The van der Waals surface area contributed by atoms with E-state index in [0.717, 1.165) is 17.5 Å². The number of nitrogens with one attached hydrogen (secondary N) is 1. The normalized spacial score (nSPS) is 14.4. The molecule has 0 fully saturated rings. The van der Waals surface area contributed by atoms with Crippen molar-refractivity contribution in [3.05, 3.63) is 70.7 Å². The highest BCUT2D eigenvalue weighted by molar-refractivity contribution is 5.87. The Morgan fingerprint density at radius 3 is 2.74 bits per heavy atom. The molecule has 4 rings (SSSR count). The number of benzene rings is 2. The smallest absolute Gasteiger partial charge is 0.227 e. The van der Waals surface area contributed by atoms with Gasteiger partial charge in [0.1, 0.15) is 5.82 Å². The summed E-state index contributed by atoms with van der Waals surface area (Å²) in [5.41, 5.74) is 5.67. The second kappa shape index (κ2) is 6.52. The van der Waals surface area contributed by atoms with Crippen molar-refractivity contribution in [1.29, 1.82) is 0 Å². The maximum atomic E-state index is 13.4. The van der Waals surface area contributed by atoms with Crippen molar-refractivity contribution in [3.8, 4) is 0 Å². The third kappa shape index (κ3) is 3.48. The van der Waals surface area contributed by atoms with Gasteiger partial charge in [0.15, 0.2) is 0 Å². The van der Waals surface area contributed by atoms with Crippen molar-refractivity contribution in [2.75, 3.05) is 6.54 Å². The predicted octanol–water partition coefficient (Wildman–Crippen LogP) is 4.73. The minimum Gasteiger partial charge on any atom is -0.358 e. The number of fused-ring (bicyclic) bond motifs is 3. The van der Waals surface area contributed by atoms with Gasteiger partial charge in [-0.25, -0.2) is 4.39 Å². The lowest BCUT2D eigenvalue weighted by Crippen LogP contribution is -2.36. The van der Waals surface area contributed by atoms with Crippen LogP contribution in [-0.2, 0) is 29.6 Å².